The summed E-state index contributed by atoms with van der Waals surface area (Å²) in [5.41, 5.74) is 2.11. The fraction of sp³-hybridized carbons (Fsp3) is 0.750. The van der Waals surface area contributed by atoms with Crippen molar-refractivity contribution in [2.75, 3.05) is 0 Å². The first-order chi connectivity index (χ1) is 10.8. The predicted molar refractivity (Wildman–Crippen MR) is 91.0 cm³/mol. The molecule has 1 saturated carbocycles. The van der Waals surface area contributed by atoms with E-state index in [4.69, 9.17) is 4.74 Å². The molecule has 1 saturated heterocycles. The van der Waals surface area contributed by atoms with Gasteiger partial charge in [-0.2, -0.15) is 0 Å². The molecule has 3 aliphatic rings. The number of hydrogen-bond donors (Lipinski definition) is 1. The molecule has 5 atom stereocenters. The molecular weight excluding hydrogens is 288 g/mol. The highest BCUT2D eigenvalue weighted by Gasteiger charge is 2.58. The zero-order chi connectivity index (χ0) is 16.8. The van der Waals surface area contributed by atoms with Crippen LogP contribution in [0, 0.1) is 17.3 Å². The summed E-state index contributed by atoms with van der Waals surface area (Å²) < 4.78 is 5.98. The smallest absolute Gasteiger partial charge is 0.148 e. The maximum Gasteiger partial charge on any atom is 0.148 e. The summed E-state index contributed by atoms with van der Waals surface area (Å²) in [5, 5.41) is 10.3. The van der Waals surface area contributed by atoms with Crippen LogP contribution in [0.3, 0.4) is 0 Å². The van der Waals surface area contributed by atoms with E-state index in [1.54, 1.807) is 0 Å². The van der Waals surface area contributed by atoms with E-state index >= 15 is 0 Å². The molecule has 0 radical (unpaired) electrons. The Kier molecular flexibility index (Phi) is 4.31. The Morgan fingerprint density at radius 3 is 2.74 bits per heavy atom. The first kappa shape index (κ1) is 16.9. The molecule has 1 N–H and O–H groups in total. The zero-order valence-corrected chi connectivity index (χ0v) is 14.8. The highest BCUT2D eigenvalue weighted by Crippen LogP contribution is 2.62. The lowest BCUT2D eigenvalue weighted by atomic mass is 9.94. The van der Waals surface area contributed by atoms with E-state index in [1.807, 2.05) is 6.08 Å². The summed E-state index contributed by atoms with van der Waals surface area (Å²) in [6.45, 7) is 8.87. The van der Waals surface area contributed by atoms with E-state index in [0.29, 0.717) is 29.9 Å². The second-order valence-electron chi connectivity index (χ2n) is 8.54. The van der Waals surface area contributed by atoms with Gasteiger partial charge in [0.2, 0.25) is 0 Å². The number of ether oxygens (including phenoxy) is 1. The van der Waals surface area contributed by atoms with Gasteiger partial charge in [-0.3, -0.25) is 4.79 Å². The number of rotatable bonds is 1. The lowest BCUT2D eigenvalue weighted by Gasteiger charge is -2.10. The predicted octanol–water partition coefficient (Wildman–Crippen LogP) is 3.81. The molecule has 3 nitrogen and oxygen atoms in total. The minimum Gasteiger partial charge on any atom is -0.388 e. The van der Waals surface area contributed by atoms with Crippen molar-refractivity contribution >= 4 is 6.29 Å². The van der Waals surface area contributed by atoms with Crippen LogP contribution in [0.1, 0.15) is 59.8 Å². The largest absolute Gasteiger partial charge is 0.388 e. The number of carbonyl (C=O) groups excluding carboxylic acids is 1. The van der Waals surface area contributed by atoms with E-state index in [0.717, 1.165) is 32.0 Å². The third-order valence-electron chi connectivity index (χ3n) is 6.51. The average molecular weight is 318 g/mol. The lowest BCUT2D eigenvalue weighted by molar-refractivity contribution is -0.105. The minimum atomic E-state index is -0.676. The van der Waals surface area contributed by atoms with Crippen molar-refractivity contribution in [2.24, 2.45) is 17.3 Å². The van der Waals surface area contributed by atoms with Gasteiger partial charge in [0, 0.05) is 5.57 Å². The van der Waals surface area contributed by atoms with Gasteiger partial charge in [0.05, 0.1) is 17.8 Å². The van der Waals surface area contributed by atoms with Crippen molar-refractivity contribution in [1.29, 1.82) is 0 Å². The van der Waals surface area contributed by atoms with E-state index in [1.165, 1.54) is 5.57 Å². The SMILES string of the molecule is C/C1=C\C[C@H](O)/C(C=O)=C/[C@@H]2[C@@H](CC[C@@]3(C)O[C@@H]3CC1)C2(C)C. The third-order valence-corrected chi connectivity index (χ3v) is 6.51. The van der Waals surface area contributed by atoms with Crippen LogP contribution in [0.4, 0.5) is 0 Å². The molecule has 3 rings (SSSR count). The van der Waals surface area contributed by atoms with E-state index in [-0.39, 0.29) is 11.0 Å². The van der Waals surface area contributed by atoms with Crippen LogP contribution in [0.15, 0.2) is 23.3 Å². The maximum atomic E-state index is 11.4. The third kappa shape index (κ3) is 3.32. The van der Waals surface area contributed by atoms with Crippen LogP contribution in [0.5, 0.6) is 0 Å². The van der Waals surface area contributed by atoms with Crippen LogP contribution >= 0.6 is 0 Å². The van der Waals surface area contributed by atoms with Gasteiger partial charge in [-0.15, -0.1) is 0 Å². The minimum absolute atomic E-state index is 0.0599. The maximum absolute atomic E-state index is 11.4. The van der Waals surface area contributed by atoms with Crippen LogP contribution in [0.2, 0.25) is 0 Å². The Balaban J connectivity index is 1.80. The Morgan fingerprint density at radius 2 is 2.04 bits per heavy atom. The molecule has 0 bridgehead atoms. The van der Waals surface area contributed by atoms with Gasteiger partial charge in [0.25, 0.3) is 0 Å². The molecule has 23 heavy (non-hydrogen) atoms. The molecule has 2 fully saturated rings. The second kappa shape index (κ2) is 5.86. The standard InChI is InChI=1S/C20H30O3/c1-13-5-7-17(22)14(12-21)11-16-15(19(16,2)3)9-10-20(4)18(23-20)8-6-13/h5,11-12,15-18,22H,6-10H2,1-4H3/b13-5+,14-11+/t15-,16-,17+,18-,20-/m1/s1. The number of carbonyl (C=O) groups is 1. The summed E-state index contributed by atoms with van der Waals surface area (Å²) in [6.07, 6.45) is 9.48. The fourth-order valence-electron chi connectivity index (χ4n) is 4.33. The number of fused-ring (bicyclic) bond motifs is 2. The number of epoxide rings is 1. The topological polar surface area (TPSA) is 49.8 Å². The number of aliphatic hydroxyl groups is 1. The van der Waals surface area contributed by atoms with Gasteiger partial charge in [-0.05, 0) is 63.2 Å². The highest BCUT2D eigenvalue weighted by atomic mass is 16.6. The molecule has 128 valence electrons. The highest BCUT2D eigenvalue weighted by molar-refractivity contribution is 5.75. The van der Waals surface area contributed by atoms with E-state index in [9.17, 15) is 9.90 Å². The van der Waals surface area contributed by atoms with Crippen molar-refractivity contribution in [1.82, 2.24) is 0 Å². The molecule has 2 aliphatic carbocycles. The van der Waals surface area contributed by atoms with Gasteiger partial charge < -0.3 is 9.84 Å². The van der Waals surface area contributed by atoms with Crippen LogP contribution in [-0.2, 0) is 9.53 Å². The van der Waals surface area contributed by atoms with Crippen LogP contribution < -0.4 is 0 Å². The van der Waals surface area contributed by atoms with E-state index < -0.39 is 6.10 Å². The van der Waals surface area contributed by atoms with Crippen molar-refractivity contribution in [3.05, 3.63) is 23.3 Å². The van der Waals surface area contributed by atoms with Gasteiger partial charge in [-0.1, -0.05) is 31.6 Å². The Bertz CT molecular complexity index is 545. The normalized spacial score (nSPS) is 47.7. The molecule has 0 amide bonds. The van der Waals surface area contributed by atoms with Crippen molar-refractivity contribution < 1.29 is 14.6 Å². The first-order valence-electron chi connectivity index (χ1n) is 8.96. The monoisotopic (exact) mass is 318 g/mol. The molecule has 0 unspecified atom stereocenters. The first-order valence-corrected chi connectivity index (χ1v) is 8.96. The molecule has 0 aromatic rings. The van der Waals surface area contributed by atoms with Gasteiger partial charge >= 0.3 is 0 Å². The molecule has 1 aliphatic heterocycles. The van der Waals surface area contributed by atoms with Gasteiger partial charge in [0.15, 0.2) is 0 Å². The number of aliphatic hydroxyl groups excluding tert-OH is 1. The number of hydrogen-bond acceptors (Lipinski definition) is 3. The molecule has 1 heterocycles. The summed E-state index contributed by atoms with van der Waals surface area (Å²) >= 11 is 0. The van der Waals surface area contributed by atoms with Crippen molar-refractivity contribution in [2.45, 2.75) is 77.6 Å². The molecular formula is C20H30O3. The Hall–Kier alpha value is -0.930. The number of aldehydes is 1. The molecule has 0 spiro atoms. The summed E-state index contributed by atoms with van der Waals surface area (Å²) in [4.78, 5) is 11.4. The molecule has 0 aromatic carbocycles. The van der Waals surface area contributed by atoms with Crippen molar-refractivity contribution in [3.63, 3.8) is 0 Å². The lowest BCUT2D eigenvalue weighted by Crippen LogP contribution is -2.12. The Labute approximate surface area is 139 Å². The number of allylic oxidation sites excluding steroid dienone is 2. The average Bonchev–Trinajstić information content (AvgIpc) is 3.30. The Morgan fingerprint density at radius 1 is 1.30 bits per heavy atom. The van der Waals surface area contributed by atoms with Crippen LogP contribution in [0.25, 0.3) is 0 Å². The molecule has 3 heteroatoms. The molecule has 0 aromatic heterocycles. The second-order valence-corrected chi connectivity index (χ2v) is 8.54. The van der Waals surface area contributed by atoms with Crippen molar-refractivity contribution in [3.8, 4) is 0 Å². The van der Waals surface area contributed by atoms with Crippen LogP contribution in [-0.4, -0.2) is 29.2 Å². The van der Waals surface area contributed by atoms with Gasteiger partial charge in [0.1, 0.15) is 6.29 Å². The quantitative estimate of drug-likeness (QED) is 0.454. The summed E-state index contributed by atoms with van der Waals surface area (Å²) in [5.74, 6) is 0.984. The zero-order valence-electron chi connectivity index (χ0n) is 14.8. The fourth-order valence-corrected chi connectivity index (χ4v) is 4.33. The van der Waals surface area contributed by atoms with E-state index in [2.05, 4.69) is 33.8 Å². The summed E-state index contributed by atoms with van der Waals surface area (Å²) in [6, 6.07) is 0. The summed E-state index contributed by atoms with van der Waals surface area (Å²) in [7, 11) is 0. The van der Waals surface area contributed by atoms with Gasteiger partial charge in [-0.25, -0.2) is 0 Å².